The molecule has 2 rings (SSSR count). The average molecular weight is 402 g/mol. The highest BCUT2D eigenvalue weighted by Crippen LogP contribution is 2.31. The van der Waals surface area contributed by atoms with Crippen LogP contribution in [0.1, 0.15) is 58.2 Å². The lowest BCUT2D eigenvalue weighted by Crippen LogP contribution is -2.18. The van der Waals surface area contributed by atoms with Crippen molar-refractivity contribution < 1.29 is 9.59 Å². The third-order valence-corrected chi connectivity index (χ3v) is 4.99. The van der Waals surface area contributed by atoms with Crippen LogP contribution in [0.4, 0.5) is 5.69 Å². The van der Waals surface area contributed by atoms with E-state index in [0.29, 0.717) is 5.69 Å². The van der Waals surface area contributed by atoms with E-state index in [1.807, 2.05) is 90.1 Å². The molecule has 30 heavy (non-hydrogen) atoms. The van der Waals surface area contributed by atoms with Crippen LogP contribution in [-0.2, 0) is 26.2 Å². The molecule has 2 aromatic carbocycles. The molecule has 0 N–H and O–H groups in total. The van der Waals surface area contributed by atoms with Crippen molar-refractivity contribution >= 4 is 23.9 Å². The molecule has 0 radical (unpaired) electrons. The minimum atomic E-state index is -0.680. The van der Waals surface area contributed by atoms with Gasteiger partial charge in [0.25, 0.3) is 0 Å². The van der Waals surface area contributed by atoms with Gasteiger partial charge in [0.15, 0.2) is 0 Å². The number of aliphatic imine (C=N–C) groups is 4. The van der Waals surface area contributed by atoms with Crippen molar-refractivity contribution in [2.75, 3.05) is 0 Å². The van der Waals surface area contributed by atoms with Crippen LogP contribution in [0, 0.1) is 0 Å². The third kappa shape index (κ3) is 5.56. The van der Waals surface area contributed by atoms with Gasteiger partial charge in [0, 0.05) is 0 Å². The normalized spacial score (nSPS) is 11.5. The van der Waals surface area contributed by atoms with E-state index in [1.165, 1.54) is 0 Å². The zero-order chi connectivity index (χ0) is 22.4. The summed E-state index contributed by atoms with van der Waals surface area (Å²) < 4.78 is 0. The first-order valence-electron chi connectivity index (χ1n) is 9.59. The van der Waals surface area contributed by atoms with E-state index in [9.17, 15) is 9.59 Å². The molecule has 0 amide bonds. The molecule has 0 unspecified atom stereocenters. The SMILES string of the molecule is CC(C)(N=C=O)c1cccc(N=C=NC(C)(C)c2cccc(C(C)(C)N=C=O)c2)c1. The minimum absolute atomic E-state index is 0.584. The summed E-state index contributed by atoms with van der Waals surface area (Å²) in [5, 5.41) is 0. The van der Waals surface area contributed by atoms with Crippen molar-refractivity contribution in [2.45, 2.75) is 58.2 Å². The molecular weight excluding hydrogens is 376 g/mol. The fraction of sp³-hybridized carbons (Fsp3) is 0.375. The topological polar surface area (TPSA) is 83.6 Å². The molecule has 0 saturated heterocycles. The fourth-order valence-electron chi connectivity index (χ4n) is 2.87. The predicted molar refractivity (Wildman–Crippen MR) is 118 cm³/mol. The Morgan fingerprint density at radius 1 is 0.633 bits per heavy atom. The summed E-state index contributed by atoms with van der Waals surface area (Å²) in [5.74, 6) is 0. The number of isocyanates is 2. The second-order valence-corrected chi connectivity index (χ2v) is 8.54. The number of hydrogen-bond acceptors (Lipinski definition) is 6. The summed E-state index contributed by atoms with van der Waals surface area (Å²) in [6, 6.07) is 18.0. The summed E-state index contributed by atoms with van der Waals surface area (Å²) in [5.41, 5.74) is 1.43. The van der Waals surface area contributed by atoms with E-state index in [4.69, 9.17) is 0 Å². The second kappa shape index (κ2) is 8.94. The highest BCUT2D eigenvalue weighted by atomic mass is 16.1. The lowest BCUT2D eigenvalue weighted by Gasteiger charge is -2.23. The Morgan fingerprint density at radius 2 is 1.07 bits per heavy atom. The highest BCUT2D eigenvalue weighted by molar-refractivity contribution is 5.55. The van der Waals surface area contributed by atoms with E-state index >= 15 is 0 Å². The molecular formula is C24H26N4O2. The Labute approximate surface area is 177 Å². The molecule has 0 atom stereocenters. The molecule has 0 saturated carbocycles. The van der Waals surface area contributed by atoms with Gasteiger partial charge in [-0.25, -0.2) is 14.6 Å². The van der Waals surface area contributed by atoms with Crippen molar-refractivity contribution in [1.29, 1.82) is 0 Å². The molecule has 0 aliphatic rings. The zero-order valence-corrected chi connectivity index (χ0v) is 18.2. The fourth-order valence-corrected chi connectivity index (χ4v) is 2.87. The first-order valence-corrected chi connectivity index (χ1v) is 9.59. The van der Waals surface area contributed by atoms with Crippen molar-refractivity contribution in [3.05, 3.63) is 65.2 Å². The maximum atomic E-state index is 10.7. The van der Waals surface area contributed by atoms with E-state index < -0.39 is 16.6 Å². The molecule has 0 aliphatic carbocycles. The molecule has 154 valence electrons. The number of nitrogens with zero attached hydrogens (tertiary/aromatic N) is 4. The van der Waals surface area contributed by atoms with Crippen LogP contribution in [0.25, 0.3) is 0 Å². The monoisotopic (exact) mass is 402 g/mol. The van der Waals surface area contributed by atoms with Crippen LogP contribution in [0.3, 0.4) is 0 Å². The van der Waals surface area contributed by atoms with Crippen LogP contribution >= 0.6 is 0 Å². The van der Waals surface area contributed by atoms with Crippen LogP contribution in [0.5, 0.6) is 0 Å². The lowest BCUT2D eigenvalue weighted by atomic mass is 9.88. The quantitative estimate of drug-likeness (QED) is 0.448. The van der Waals surface area contributed by atoms with Crippen LogP contribution in [0.2, 0.25) is 0 Å². The summed E-state index contributed by atoms with van der Waals surface area (Å²) in [4.78, 5) is 37.9. The maximum Gasteiger partial charge on any atom is 0.235 e. The van der Waals surface area contributed by atoms with E-state index in [2.05, 4.69) is 26.0 Å². The first kappa shape index (κ1) is 22.9. The van der Waals surface area contributed by atoms with Gasteiger partial charge in [-0.2, -0.15) is 15.0 Å². The lowest BCUT2D eigenvalue weighted by molar-refractivity contribution is 0.518. The Hall–Kier alpha value is -3.42. The van der Waals surface area contributed by atoms with E-state index in [1.54, 1.807) is 12.2 Å². The number of benzene rings is 2. The van der Waals surface area contributed by atoms with Gasteiger partial charge < -0.3 is 0 Å². The first-order chi connectivity index (χ1) is 14.0. The van der Waals surface area contributed by atoms with Crippen molar-refractivity contribution in [1.82, 2.24) is 0 Å². The van der Waals surface area contributed by atoms with Gasteiger partial charge in [0.2, 0.25) is 12.2 Å². The van der Waals surface area contributed by atoms with Gasteiger partial charge in [-0.1, -0.05) is 36.4 Å². The Balaban J connectivity index is 2.35. The number of hydrogen-bond donors (Lipinski definition) is 0. The predicted octanol–water partition coefficient (Wildman–Crippen LogP) is 5.57. The molecule has 0 spiro atoms. The van der Waals surface area contributed by atoms with Crippen molar-refractivity contribution in [3.63, 3.8) is 0 Å². The van der Waals surface area contributed by atoms with Crippen LogP contribution < -0.4 is 0 Å². The molecule has 6 nitrogen and oxygen atoms in total. The number of carbonyl (C=O) groups excluding carboxylic acids is 2. The average Bonchev–Trinajstić information content (AvgIpc) is 2.68. The molecule has 0 fully saturated rings. The van der Waals surface area contributed by atoms with E-state index in [0.717, 1.165) is 16.7 Å². The molecule has 0 bridgehead atoms. The maximum absolute atomic E-state index is 10.7. The van der Waals surface area contributed by atoms with Crippen molar-refractivity contribution in [2.24, 2.45) is 20.0 Å². The standard InChI is InChI=1S/C24H26N4O2/c1-22(2,18-9-7-10-19(13-18)23(3,4)27-16-29)26-15-25-21-12-8-11-20(14-21)24(5,6)28-17-30/h7-14H,1-6H3. The Bertz CT molecular complexity index is 1080. The molecule has 0 aromatic heterocycles. The summed E-state index contributed by atoms with van der Waals surface area (Å²) in [7, 11) is 0. The smallest absolute Gasteiger partial charge is 0.214 e. The van der Waals surface area contributed by atoms with Gasteiger partial charge in [-0.15, -0.1) is 0 Å². The van der Waals surface area contributed by atoms with Crippen LogP contribution in [-0.4, -0.2) is 18.2 Å². The third-order valence-electron chi connectivity index (χ3n) is 4.99. The van der Waals surface area contributed by atoms with Gasteiger partial charge in [-0.3, -0.25) is 0 Å². The molecule has 0 heterocycles. The zero-order valence-electron chi connectivity index (χ0n) is 18.2. The molecule has 2 aromatic rings. The van der Waals surface area contributed by atoms with Gasteiger partial charge in [-0.05, 0) is 70.4 Å². The molecule has 0 aliphatic heterocycles. The highest BCUT2D eigenvalue weighted by Gasteiger charge is 2.24. The van der Waals surface area contributed by atoms with Gasteiger partial charge >= 0.3 is 0 Å². The van der Waals surface area contributed by atoms with Crippen LogP contribution in [0.15, 0.2) is 68.5 Å². The largest absolute Gasteiger partial charge is 0.235 e. The van der Waals surface area contributed by atoms with Gasteiger partial charge in [0.05, 0.1) is 28.3 Å². The van der Waals surface area contributed by atoms with Gasteiger partial charge in [0.1, 0.15) is 0 Å². The summed E-state index contributed by atoms with van der Waals surface area (Å²) in [6.45, 7) is 11.3. The Morgan fingerprint density at radius 3 is 1.57 bits per heavy atom. The number of rotatable bonds is 7. The van der Waals surface area contributed by atoms with E-state index in [-0.39, 0.29) is 0 Å². The summed E-state index contributed by atoms with van der Waals surface area (Å²) in [6.07, 6.45) is 3.25. The second-order valence-electron chi connectivity index (χ2n) is 8.54. The Kier molecular flexibility index (Phi) is 6.81. The molecule has 6 heteroatoms. The van der Waals surface area contributed by atoms with Crippen molar-refractivity contribution in [3.8, 4) is 0 Å². The summed E-state index contributed by atoms with van der Waals surface area (Å²) >= 11 is 0. The minimum Gasteiger partial charge on any atom is -0.214 e.